The number of likely N-dealkylation sites (tertiary alicyclic amines) is 1. The van der Waals surface area contributed by atoms with Crippen LogP contribution in [-0.4, -0.2) is 29.9 Å². The Morgan fingerprint density at radius 1 is 1.62 bits per heavy atom. The van der Waals surface area contributed by atoms with Crippen LogP contribution in [0, 0.1) is 5.92 Å². The highest BCUT2D eigenvalue weighted by Gasteiger charge is 2.22. The minimum absolute atomic E-state index is 0.0998. The molecule has 1 fully saturated rings. The van der Waals surface area contributed by atoms with E-state index in [-0.39, 0.29) is 11.9 Å². The zero-order valence-electron chi connectivity index (χ0n) is 8.62. The quantitative estimate of drug-likeness (QED) is 0.710. The van der Waals surface area contributed by atoms with Gasteiger partial charge in [0.1, 0.15) is 0 Å². The molecule has 0 aromatic rings. The first kappa shape index (κ1) is 10.5. The second kappa shape index (κ2) is 4.61. The topological polar surface area (TPSA) is 46.3 Å². The van der Waals surface area contributed by atoms with Crippen molar-refractivity contribution in [3.05, 3.63) is 0 Å². The van der Waals surface area contributed by atoms with Crippen LogP contribution < -0.4 is 5.73 Å². The molecule has 3 heteroatoms. The molecule has 0 bridgehead atoms. The molecular formula is C10H20N2O. The number of rotatable bonds is 3. The lowest BCUT2D eigenvalue weighted by atomic mass is 10.0. The smallest absolute Gasteiger partial charge is 0.224 e. The number of carbonyl (C=O) groups is 1. The largest absolute Gasteiger partial charge is 0.343 e. The highest BCUT2D eigenvalue weighted by atomic mass is 16.2. The van der Waals surface area contributed by atoms with E-state index in [0.717, 1.165) is 25.9 Å². The number of carbonyl (C=O) groups excluding carboxylic acids is 1. The Morgan fingerprint density at radius 3 is 2.85 bits per heavy atom. The predicted octanol–water partition coefficient (Wildman–Crippen LogP) is 0.982. The van der Waals surface area contributed by atoms with E-state index in [1.807, 2.05) is 4.90 Å². The highest BCUT2D eigenvalue weighted by molar-refractivity contribution is 5.77. The van der Waals surface area contributed by atoms with Gasteiger partial charge in [0.15, 0.2) is 0 Å². The van der Waals surface area contributed by atoms with Crippen LogP contribution >= 0.6 is 0 Å². The molecule has 13 heavy (non-hydrogen) atoms. The molecule has 1 unspecified atom stereocenters. The number of hydrogen-bond acceptors (Lipinski definition) is 2. The third-order valence-corrected chi connectivity index (χ3v) is 2.54. The van der Waals surface area contributed by atoms with Gasteiger partial charge in [-0.25, -0.2) is 0 Å². The summed E-state index contributed by atoms with van der Waals surface area (Å²) in [6.45, 7) is 6.12. The van der Waals surface area contributed by atoms with E-state index in [2.05, 4.69) is 13.8 Å². The maximum absolute atomic E-state index is 11.5. The van der Waals surface area contributed by atoms with Crippen molar-refractivity contribution in [1.82, 2.24) is 4.90 Å². The van der Waals surface area contributed by atoms with Gasteiger partial charge in [-0.05, 0) is 18.8 Å². The molecule has 1 rings (SSSR count). The zero-order valence-corrected chi connectivity index (χ0v) is 8.62. The third-order valence-electron chi connectivity index (χ3n) is 2.54. The fourth-order valence-corrected chi connectivity index (χ4v) is 1.55. The molecule has 0 aromatic heterocycles. The Morgan fingerprint density at radius 2 is 2.31 bits per heavy atom. The lowest BCUT2D eigenvalue weighted by Crippen LogP contribution is -2.44. The molecule has 1 aliphatic heterocycles. The van der Waals surface area contributed by atoms with Crippen LogP contribution in [0.1, 0.15) is 33.1 Å². The van der Waals surface area contributed by atoms with Crippen molar-refractivity contribution in [2.45, 2.75) is 39.2 Å². The minimum Gasteiger partial charge on any atom is -0.343 e. The Labute approximate surface area is 80.3 Å². The summed E-state index contributed by atoms with van der Waals surface area (Å²) in [5.41, 5.74) is 5.70. The van der Waals surface area contributed by atoms with Crippen LogP contribution in [0.3, 0.4) is 0 Å². The van der Waals surface area contributed by atoms with Gasteiger partial charge in [-0.2, -0.15) is 0 Å². The van der Waals surface area contributed by atoms with Crippen LogP contribution in [0.15, 0.2) is 0 Å². The predicted molar refractivity (Wildman–Crippen MR) is 53.2 cm³/mol. The normalized spacial score (nSPS) is 24.2. The molecular weight excluding hydrogens is 164 g/mol. The third kappa shape index (κ3) is 3.35. The van der Waals surface area contributed by atoms with Gasteiger partial charge in [-0.1, -0.05) is 13.8 Å². The molecule has 0 aromatic carbocycles. The number of hydrogen-bond donors (Lipinski definition) is 1. The van der Waals surface area contributed by atoms with Crippen LogP contribution in [-0.2, 0) is 4.79 Å². The van der Waals surface area contributed by atoms with Crippen molar-refractivity contribution in [3.8, 4) is 0 Å². The Hall–Kier alpha value is -0.570. The Balaban J connectivity index is 2.30. The number of piperidine rings is 1. The SMILES string of the molecule is CC(C)CCN1CCC(N)CC1=O. The molecule has 1 atom stereocenters. The van der Waals surface area contributed by atoms with Gasteiger partial charge in [0, 0.05) is 25.6 Å². The fraction of sp³-hybridized carbons (Fsp3) is 0.900. The van der Waals surface area contributed by atoms with Crippen molar-refractivity contribution in [3.63, 3.8) is 0 Å². The Kier molecular flexibility index (Phi) is 3.72. The van der Waals surface area contributed by atoms with Gasteiger partial charge in [-0.3, -0.25) is 4.79 Å². The average molecular weight is 184 g/mol. The summed E-state index contributed by atoms with van der Waals surface area (Å²) in [5.74, 6) is 0.905. The van der Waals surface area contributed by atoms with Crippen LogP contribution in [0.4, 0.5) is 0 Å². The van der Waals surface area contributed by atoms with Gasteiger partial charge in [0.2, 0.25) is 5.91 Å². The van der Waals surface area contributed by atoms with Crippen molar-refractivity contribution < 1.29 is 4.79 Å². The summed E-state index contributed by atoms with van der Waals surface area (Å²) in [5, 5.41) is 0. The number of nitrogens with two attached hydrogens (primary N) is 1. The van der Waals surface area contributed by atoms with Gasteiger partial charge in [0.25, 0.3) is 0 Å². The van der Waals surface area contributed by atoms with Crippen molar-refractivity contribution >= 4 is 5.91 Å². The van der Waals surface area contributed by atoms with Gasteiger partial charge >= 0.3 is 0 Å². The van der Waals surface area contributed by atoms with E-state index in [0.29, 0.717) is 12.3 Å². The second-order valence-electron chi connectivity index (χ2n) is 4.32. The first-order valence-corrected chi connectivity index (χ1v) is 5.13. The van der Waals surface area contributed by atoms with Gasteiger partial charge in [0.05, 0.1) is 0 Å². The van der Waals surface area contributed by atoms with Crippen LogP contribution in [0.25, 0.3) is 0 Å². The van der Waals surface area contributed by atoms with E-state index >= 15 is 0 Å². The van der Waals surface area contributed by atoms with Crippen LogP contribution in [0.5, 0.6) is 0 Å². The molecule has 0 radical (unpaired) electrons. The van der Waals surface area contributed by atoms with Crippen LogP contribution in [0.2, 0.25) is 0 Å². The molecule has 76 valence electrons. The summed E-state index contributed by atoms with van der Waals surface area (Å²) >= 11 is 0. The summed E-state index contributed by atoms with van der Waals surface area (Å²) < 4.78 is 0. The number of amides is 1. The maximum Gasteiger partial charge on any atom is 0.224 e. The van der Waals surface area contributed by atoms with E-state index < -0.39 is 0 Å². The molecule has 3 nitrogen and oxygen atoms in total. The molecule has 0 spiro atoms. The molecule has 0 aliphatic carbocycles. The van der Waals surface area contributed by atoms with E-state index in [9.17, 15) is 4.79 Å². The standard InChI is InChI=1S/C10H20N2O/c1-8(2)3-5-12-6-4-9(11)7-10(12)13/h8-9H,3-7,11H2,1-2H3. The molecule has 1 amide bonds. The fourth-order valence-electron chi connectivity index (χ4n) is 1.55. The zero-order chi connectivity index (χ0) is 9.84. The van der Waals surface area contributed by atoms with Gasteiger partial charge in [-0.15, -0.1) is 0 Å². The second-order valence-corrected chi connectivity index (χ2v) is 4.32. The number of nitrogens with zero attached hydrogens (tertiary/aromatic N) is 1. The minimum atomic E-state index is 0.0998. The summed E-state index contributed by atoms with van der Waals surface area (Å²) in [6.07, 6.45) is 2.60. The van der Waals surface area contributed by atoms with E-state index in [1.165, 1.54) is 0 Å². The molecule has 0 saturated carbocycles. The van der Waals surface area contributed by atoms with E-state index in [1.54, 1.807) is 0 Å². The summed E-state index contributed by atoms with van der Waals surface area (Å²) in [6, 6.07) is 0.0998. The lowest BCUT2D eigenvalue weighted by molar-refractivity contribution is -0.133. The summed E-state index contributed by atoms with van der Waals surface area (Å²) in [4.78, 5) is 13.4. The average Bonchev–Trinajstić information content (AvgIpc) is 2.02. The van der Waals surface area contributed by atoms with Crippen molar-refractivity contribution in [2.24, 2.45) is 11.7 Å². The molecule has 1 aliphatic rings. The Bertz CT molecular complexity index is 180. The van der Waals surface area contributed by atoms with E-state index in [4.69, 9.17) is 5.73 Å². The molecule has 1 saturated heterocycles. The van der Waals surface area contributed by atoms with Crippen molar-refractivity contribution in [2.75, 3.05) is 13.1 Å². The molecule has 2 N–H and O–H groups in total. The first-order valence-electron chi connectivity index (χ1n) is 5.13. The monoisotopic (exact) mass is 184 g/mol. The first-order chi connectivity index (χ1) is 6.09. The highest BCUT2D eigenvalue weighted by Crippen LogP contribution is 2.11. The maximum atomic E-state index is 11.5. The lowest BCUT2D eigenvalue weighted by Gasteiger charge is -2.30. The molecule has 1 heterocycles. The summed E-state index contributed by atoms with van der Waals surface area (Å²) in [7, 11) is 0. The van der Waals surface area contributed by atoms with Crippen molar-refractivity contribution in [1.29, 1.82) is 0 Å². The van der Waals surface area contributed by atoms with Gasteiger partial charge < -0.3 is 10.6 Å².